The van der Waals surface area contributed by atoms with Gasteiger partial charge in [0, 0.05) is 30.3 Å². The Morgan fingerprint density at radius 2 is 1.89 bits per heavy atom. The smallest absolute Gasteiger partial charge is 0.257 e. The van der Waals surface area contributed by atoms with Crippen molar-refractivity contribution in [1.29, 1.82) is 0 Å². The lowest BCUT2D eigenvalue weighted by molar-refractivity contribution is 0.0260. The maximum Gasteiger partial charge on any atom is 0.257 e. The first-order chi connectivity index (χ1) is 17.5. The molecule has 1 aromatic heterocycles. The van der Waals surface area contributed by atoms with E-state index in [1.54, 1.807) is 24.3 Å². The lowest BCUT2D eigenvalue weighted by atomic mass is 10.1. The Hall–Kier alpha value is -3.72. The van der Waals surface area contributed by atoms with Crippen LogP contribution in [0.3, 0.4) is 0 Å². The molecule has 3 aromatic rings. The summed E-state index contributed by atoms with van der Waals surface area (Å²) >= 11 is 0. The van der Waals surface area contributed by atoms with Crippen LogP contribution >= 0.6 is 0 Å². The number of hydrogen-bond acceptors (Lipinski definition) is 5. The largest absolute Gasteiger partial charge is 0.374 e. The highest BCUT2D eigenvalue weighted by Crippen LogP contribution is 2.34. The molecule has 4 heterocycles. The summed E-state index contributed by atoms with van der Waals surface area (Å²) in [5, 5.41) is 5.89. The van der Waals surface area contributed by atoms with Crippen LogP contribution in [-0.4, -0.2) is 64.0 Å². The number of aromatic nitrogens is 2. The van der Waals surface area contributed by atoms with E-state index in [2.05, 4.69) is 17.6 Å². The van der Waals surface area contributed by atoms with Crippen LogP contribution in [0.25, 0.3) is 11.0 Å². The van der Waals surface area contributed by atoms with E-state index in [9.17, 15) is 14.4 Å². The summed E-state index contributed by atoms with van der Waals surface area (Å²) < 4.78 is 7.70. The first-order valence-electron chi connectivity index (χ1n) is 12.6. The Balaban J connectivity index is 1.43. The molecule has 2 saturated heterocycles. The molecule has 2 aromatic carbocycles. The van der Waals surface area contributed by atoms with Crippen LogP contribution in [-0.2, 0) is 4.74 Å². The molecular weight excluding hydrogens is 458 g/mol. The second kappa shape index (κ2) is 9.05. The van der Waals surface area contributed by atoms with Gasteiger partial charge in [-0.3, -0.25) is 19.7 Å². The van der Waals surface area contributed by atoms with E-state index in [1.807, 2.05) is 27.7 Å². The average Bonchev–Trinajstić information content (AvgIpc) is 3.61. The number of anilines is 1. The van der Waals surface area contributed by atoms with E-state index < -0.39 is 0 Å². The molecule has 3 aliphatic rings. The number of likely N-dealkylation sites (tertiary alicyclic amines) is 1. The highest BCUT2D eigenvalue weighted by molar-refractivity contribution is 6.08. The monoisotopic (exact) mass is 487 g/mol. The van der Waals surface area contributed by atoms with Crippen molar-refractivity contribution in [3.63, 3.8) is 0 Å². The molecule has 2 N–H and O–H groups in total. The number of para-hydroxylation sites is 1. The minimum atomic E-state index is -0.354. The van der Waals surface area contributed by atoms with Crippen LogP contribution in [0.5, 0.6) is 0 Å². The molecule has 0 aliphatic carbocycles. The van der Waals surface area contributed by atoms with Gasteiger partial charge in [0.05, 0.1) is 35.3 Å². The number of ether oxygens (including phenoxy) is 1. The highest BCUT2D eigenvalue weighted by Gasteiger charge is 2.42. The van der Waals surface area contributed by atoms with Crippen molar-refractivity contribution in [2.45, 2.75) is 50.8 Å². The lowest BCUT2D eigenvalue weighted by Crippen LogP contribution is -2.41. The third kappa shape index (κ3) is 3.93. The number of fused-ring (bicyclic) bond motifs is 7. The summed E-state index contributed by atoms with van der Waals surface area (Å²) in [4.78, 5) is 46.1. The number of morpholine rings is 1. The predicted molar refractivity (Wildman–Crippen MR) is 134 cm³/mol. The molecule has 0 unspecified atom stereocenters. The van der Waals surface area contributed by atoms with Crippen molar-refractivity contribution in [1.82, 2.24) is 19.8 Å². The highest BCUT2D eigenvalue weighted by atomic mass is 16.5. The average molecular weight is 488 g/mol. The number of carbonyl (C=O) groups is 3. The number of benzene rings is 2. The third-order valence-corrected chi connectivity index (χ3v) is 7.49. The molecule has 6 rings (SSSR count). The number of nitrogens with one attached hydrogen (secondary N) is 2. The van der Waals surface area contributed by atoms with E-state index >= 15 is 0 Å². The van der Waals surface area contributed by atoms with Gasteiger partial charge < -0.3 is 19.5 Å². The van der Waals surface area contributed by atoms with Crippen molar-refractivity contribution < 1.29 is 19.1 Å². The number of hydrogen-bond donors (Lipinski definition) is 2. The third-order valence-electron chi connectivity index (χ3n) is 7.49. The number of carbonyl (C=O) groups excluding carboxylic acids is 3. The molecule has 3 amide bonds. The van der Waals surface area contributed by atoms with E-state index in [-0.39, 0.29) is 35.9 Å². The summed E-state index contributed by atoms with van der Waals surface area (Å²) in [7, 11) is 0. The molecule has 4 bridgehead atoms. The zero-order valence-corrected chi connectivity index (χ0v) is 20.2. The molecule has 9 nitrogen and oxygen atoms in total. The Bertz CT molecular complexity index is 1370. The number of imidazole rings is 1. The fraction of sp³-hybridized carbons (Fsp3) is 0.407. The van der Waals surface area contributed by atoms with Gasteiger partial charge in [0.25, 0.3) is 17.7 Å². The summed E-state index contributed by atoms with van der Waals surface area (Å²) in [6, 6.07) is 12.3. The van der Waals surface area contributed by atoms with Crippen LogP contribution in [0.15, 0.2) is 42.5 Å². The van der Waals surface area contributed by atoms with Crippen molar-refractivity contribution in [2.75, 3.05) is 25.0 Å². The van der Waals surface area contributed by atoms with Crippen molar-refractivity contribution in [3.05, 3.63) is 59.2 Å². The quantitative estimate of drug-likeness (QED) is 0.548. The van der Waals surface area contributed by atoms with Crippen LogP contribution < -0.4 is 10.6 Å². The number of rotatable bonds is 1. The van der Waals surface area contributed by atoms with E-state index in [0.717, 1.165) is 31.2 Å². The van der Waals surface area contributed by atoms with Gasteiger partial charge in [-0.2, -0.15) is 0 Å². The lowest BCUT2D eigenvalue weighted by Gasteiger charge is -2.27. The fourth-order valence-corrected chi connectivity index (χ4v) is 5.61. The van der Waals surface area contributed by atoms with Crippen LogP contribution in [0.2, 0.25) is 0 Å². The zero-order chi connectivity index (χ0) is 24.8. The first-order valence-corrected chi connectivity index (χ1v) is 12.6. The Kier molecular flexibility index (Phi) is 5.72. The second-order valence-electron chi connectivity index (χ2n) is 9.92. The van der Waals surface area contributed by atoms with Gasteiger partial charge in [-0.25, -0.2) is 4.98 Å². The molecule has 3 atom stereocenters. The van der Waals surface area contributed by atoms with E-state index in [4.69, 9.17) is 9.72 Å². The molecule has 36 heavy (non-hydrogen) atoms. The first kappa shape index (κ1) is 22.7. The minimum absolute atomic E-state index is 0.0209. The predicted octanol–water partition coefficient (Wildman–Crippen LogP) is 3.38. The fourth-order valence-electron chi connectivity index (χ4n) is 5.61. The van der Waals surface area contributed by atoms with Gasteiger partial charge in [-0.05, 0) is 62.9 Å². The van der Waals surface area contributed by atoms with Gasteiger partial charge >= 0.3 is 0 Å². The molecule has 0 radical (unpaired) electrons. The molecule has 0 saturated carbocycles. The summed E-state index contributed by atoms with van der Waals surface area (Å²) in [6.07, 6.45) is 3.51. The molecule has 2 fully saturated rings. The molecule has 186 valence electrons. The van der Waals surface area contributed by atoms with Crippen molar-refractivity contribution in [3.8, 4) is 0 Å². The molecule has 9 heteroatoms. The van der Waals surface area contributed by atoms with Gasteiger partial charge in [0.2, 0.25) is 5.95 Å². The zero-order valence-electron chi connectivity index (χ0n) is 20.2. The Morgan fingerprint density at radius 1 is 1.08 bits per heavy atom. The molecular formula is C27H29N5O4. The summed E-state index contributed by atoms with van der Waals surface area (Å²) in [5.41, 5.74) is 2.81. The van der Waals surface area contributed by atoms with Crippen molar-refractivity contribution in [2.24, 2.45) is 0 Å². The van der Waals surface area contributed by atoms with Gasteiger partial charge in [-0.15, -0.1) is 0 Å². The number of amides is 3. The maximum absolute atomic E-state index is 13.7. The van der Waals surface area contributed by atoms with Crippen LogP contribution in [0, 0.1) is 0 Å². The maximum atomic E-state index is 13.7. The normalized spacial score (nSPS) is 24.2. The van der Waals surface area contributed by atoms with Crippen LogP contribution in [0.1, 0.15) is 69.7 Å². The topological polar surface area (TPSA) is 106 Å². The summed E-state index contributed by atoms with van der Waals surface area (Å²) in [6.45, 7) is 3.83. The molecule has 3 aliphatic heterocycles. The Morgan fingerprint density at radius 3 is 2.67 bits per heavy atom. The van der Waals surface area contributed by atoms with Crippen LogP contribution in [0.4, 0.5) is 5.95 Å². The second-order valence-corrected chi connectivity index (χ2v) is 9.92. The SMILES string of the molecule is C[C@H]1CCCCNC(=O)c2cccc(c2)C(=O)Nc2nc3cccc(C(=O)N4C[C@@H]5C[C@H]4CO5)c3n21. The van der Waals surface area contributed by atoms with Gasteiger partial charge in [-0.1, -0.05) is 12.1 Å². The van der Waals surface area contributed by atoms with E-state index in [1.165, 1.54) is 0 Å². The van der Waals surface area contributed by atoms with Crippen molar-refractivity contribution >= 4 is 34.7 Å². The molecule has 0 spiro atoms. The van der Waals surface area contributed by atoms with Gasteiger partial charge in [0.1, 0.15) is 0 Å². The van der Waals surface area contributed by atoms with E-state index in [0.29, 0.717) is 47.9 Å². The standard InChI is InChI=1S/C27H29N5O4/c1-16-6-2-3-11-28-24(33)17-7-4-8-18(12-17)25(34)30-27-29-22-10-5-9-21(23(22)32(16)27)26(35)31-14-20-13-19(31)15-36-20/h4-5,7-10,12,16,19-20H,2-3,6,11,13-15H2,1H3,(H,28,33)(H,29,30,34)/t16-,19-,20-/m0/s1. The van der Waals surface area contributed by atoms with Gasteiger partial charge in [0.15, 0.2) is 0 Å². The number of nitrogens with zero attached hydrogens (tertiary/aromatic N) is 3. The Labute approximate surface area is 208 Å². The summed E-state index contributed by atoms with van der Waals surface area (Å²) in [5.74, 6) is -0.160. The minimum Gasteiger partial charge on any atom is -0.374 e.